The number of nitrogens with one attached hydrogen (secondary N) is 1. The van der Waals surface area contributed by atoms with Crippen molar-refractivity contribution in [2.45, 2.75) is 25.9 Å². The highest BCUT2D eigenvalue weighted by molar-refractivity contribution is 7.80. The molecule has 1 aromatic rings. The first-order chi connectivity index (χ1) is 13.7. The Balaban J connectivity index is 1.58. The molecular weight excluding hydrogens is 380 g/mol. The zero-order valence-corrected chi connectivity index (χ0v) is 17.1. The number of morpholine rings is 1. The van der Waals surface area contributed by atoms with E-state index in [0.29, 0.717) is 55.9 Å². The highest BCUT2D eigenvalue weighted by atomic mass is 32.1. The van der Waals surface area contributed by atoms with Crippen molar-refractivity contribution in [3.63, 3.8) is 0 Å². The summed E-state index contributed by atoms with van der Waals surface area (Å²) in [6.07, 6.45) is 2.38. The molecule has 0 saturated carbocycles. The van der Waals surface area contributed by atoms with E-state index < -0.39 is 0 Å². The van der Waals surface area contributed by atoms with Crippen LogP contribution in [0.1, 0.15) is 25.3 Å². The van der Waals surface area contributed by atoms with Crippen molar-refractivity contribution in [3.05, 3.63) is 23.8 Å². The maximum atomic E-state index is 12.3. The SMILES string of the molecule is CCOc1cc(C(=S)NC[C@H]2CCCO2)ccc1OCC(=O)N1CCOCC1. The molecule has 2 aliphatic rings. The molecule has 1 N–H and O–H groups in total. The predicted molar refractivity (Wildman–Crippen MR) is 109 cm³/mol. The van der Waals surface area contributed by atoms with Crippen molar-refractivity contribution in [2.75, 3.05) is 52.7 Å². The van der Waals surface area contributed by atoms with E-state index in [4.69, 9.17) is 31.2 Å². The lowest BCUT2D eigenvalue weighted by atomic mass is 10.2. The summed E-state index contributed by atoms with van der Waals surface area (Å²) < 4.78 is 22.3. The van der Waals surface area contributed by atoms with Crippen molar-refractivity contribution in [1.29, 1.82) is 0 Å². The monoisotopic (exact) mass is 408 g/mol. The van der Waals surface area contributed by atoms with Gasteiger partial charge in [0.1, 0.15) is 4.99 Å². The Bertz CT molecular complexity index is 673. The summed E-state index contributed by atoms with van der Waals surface area (Å²) in [5.74, 6) is 1.06. The van der Waals surface area contributed by atoms with Crippen LogP contribution >= 0.6 is 12.2 Å². The van der Waals surface area contributed by atoms with Gasteiger partial charge in [-0.25, -0.2) is 0 Å². The number of carbonyl (C=O) groups is 1. The maximum absolute atomic E-state index is 12.3. The van der Waals surface area contributed by atoms with Crippen LogP contribution in [0.15, 0.2) is 18.2 Å². The first kappa shape index (κ1) is 20.8. The highest BCUT2D eigenvalue weighted by Crippen LogP contribution is 2.29. The van der Waals surface area contributed by atoms with Crippen LogP contribution < -0.4 is 14.8 Å². The number of nitrogens with zero attached hydrogens (tertiary/aromatic N) is 1. The molecule has 2 saturated heterocycles. The molecule has 1 amide bonds. The molecule has 2 heterocycles. The molecule has 0 spiro atoms. The average molecular weight is 409 g/mol. The van der Waals surface area contributed by atoms with Gasteiger partial charge < -0.3 is 29.2 Å². The van der Waals surface area contributed by atoms with Gasteiger partial charge in [-0.2, -0.15) is 0 Å². The normalized spacial score (nSPS) is 19.3. The van der Waals surface area contributed by atoms with E-state index in [0.717, 1.165) is 25.0 Å². The van der Waals surface area contributed by atoms with Crippen LogP contribution in [0.3, 0.4) is 0 Å². The molecule has 154 valence electrons. The van der Waals surface area contributed by atoms with Crippen LogP contribution in [0.4, 0.5) is 0 Å². The molecule has 0 radical (unpaired) electrons. The van der Waals surface area contributed by atoms with Crippen LogP contribution in [0.25, 0.3) is 0 Å². The summed E-state index contributed by atoms with van der Waals surface area (Å²) in [6.45, 7) is 6.24. The van der Waals surface area contributed by atoms with E-state index in [2.05, 4.69) is 5.32 Å². The Morgan fingerprint density at radius 3 is 2.79 bits per heavy atom. The topological polar surface area (TPSA) is 69.3 Å². The number of benzene rings is 1. The molecule has 0 aromatic heterocycles. The third kappa shape index (κ3) is 5.80. The van der Waals surface area contributed by atoms with Crippen LogP contribution in [-0.2, 0) is 14.3 Å². The lowest BCUT2D eigenvalue weighted by Crippen LogP contribution is -2.43. The fourth-order valence-electron chi connectivity index (χ4n) is 3.19. The first-order valence-corrected chi connectivity index (χ1v) is 10.2. The van der Waals surface area contributed by atoms with E-state index in [-0.39, 0.29) is 18.6 Å². The minimum atomic E-state index is -0.0522. The van der Waals surface area contributed by atoms with Crippen molar-refractivity contribution >= 4 is 23.1 Å². The highest BCUT2D eigenvalue weighted by Gasteiger charge is 2.19. The van der Waals surface area contributed by atoms with Gasteiger partial charge in [-0.3, -0.25) is 4.79 Å². The molecule has 2 aliphatic heterocycles. The minimum absolute atomic E-state index is 0.0267. The van der Waals surface area contributed by atoms with Crippen molar-refractivity contribution in [2.24, 2.45) is 0 Å². The Kier molecular flexibility index (Phi) is 7.88. The van der Waals surface area contributed by atoms with Crippen molar-refractivity contribution in [3.8, 4) is 11.5 Å². The standard InChI is InChI=1S/C20H28N2O5S/c1-2-25-18-12-15(20(28)21-13-16-4-3-9-26-16)5-6-17(18)27-14-19(23)22-7-10-24-11-8-22/h5-6,12,16H,2-4,7-11,13-14H2,1H3,(H,21,28)/t16-/m1/s1. The molecule has 0 unspecified atom stereocenters. The largest absolute Gasteiger partial charge is 0.490 e. The van der Waals surface area contributed by atoms with Gasteiger partial charge in [0.05, 0.1) is 25.9 Å². The molecule has 0 bridgehead atoms. The van der Waals surface area contributed by atoms with Gasteiger partial charge in [0.15, 0.2) is 18.1 Å². The smallest absolute Gasteiger partial charge is 0.260 e. The number of carbonyl (C=O) groups excluding carboxylic acids is 1. The van der Waals surface area contributed by atoms with E-state index in [9.17, 15) is 4.79 Å². The number of hydrogen-bond donors (Lipinski definition) is 1. The number of ether oxygens (including phenoxy) is 4. The number of amides is 1. The third-order valence-corrected chi connectivity index (χ3v) is 5.11. The number of hydrogen-bond acceptors (Lipinski definition) is 6. The third-order valence-electron chi connectivity index (χ3n) is 4.73. The number of rotatable bonds is 8. The second-order valence-electron chi connectivity index (χ2n) is 6.72. The summed E-state index contributed by atoms with van der Waals surface area (Å²) in [5, 5.41) is 3.26. The summed E-state index contributed by atoms with van der Waals surface area (Å²) in [5.41, 5.74) is 0.850. The van der Waals surface area contributed by atoms with Crippen LogP contribution in [0.5, 0.6) is 11.5 Å². The summed E-state index contributed by atoms with van der Waals surface area (Å²) in [4.78, 5) is 14.7. The molecule has 7 nitrogen and oxygen atoms in total. The second-order valence-corrected chi connectivity index (χ2v) is 7.13. The van der Waals surface area contributed by atoms with Crippen LogP contribution in [-0.4, -0.2) is 74.6 Å². The average Bonchev–Trinajstić information content (AvgIpc) is 3.25. The molecular formula is C20H28N2O5S. The Hall–Kier alpha value is -1.90. The zero-order chi connectivity index (χ0) is 19.8. The summed E-state index contributed by atoms with van der Waals surface area (Å²) in [6, 6.07) is 5.53. The molecule has 2 fully saturated rings. The van der Waals surface area contributed by atoms with Gasteiger partial charge >= 0.3 is 0 Å². The van der Waals surface area contributed by atoms with Gasteiger partial charge in [0.25, 0.3) is 5.91 Å². The molecule has 3 rings (SSSR count). The lowest BCUT2D eigenvalue weighted by molar-refractivity contribution is -0.137. The van der Waals surface area contributed by atoms with E-state index in [1.54, 1.807) is 11.0 Å². The Morgan fingerprint density at radius 1 is 1.25 bits per heavy atom. The molecule has 0 aliphatic carbocycles. The maximum Gasteiger partial charge on any atom is 0.260 e. The zero-order valence-electron chi connectivity index (χ0n) is 16.3. The van der Waals surface area contributed by atoms with E-state index >= 15 is 0 Å². The Labute approximate surface area is 171 Å². The first-order valence-electron chi connectivity index (χ1n) is 9.82. The minimum Gasteiger partial charge on any atom is -0.490 e. The van der Waals surface area contributed by atoms with Crippen molar-refractivity contribution < 1.29 is 23.7 Å². The fraction of sp³-hybridized carbons (Fsp3) is 0.600. The molecule has 1 atom stereocenters. The quantitative estimate of drug-likeness (QED) is 0.658. The van der Waals surface area contributed by atoms with E-state index in [1.165, 1.54) is 0 Å². The van der Waals surface area contributed by atoms with Crippen LogP contribution in [0, 0.1) is 0 Å². The van der Waals surface area contributed by atoms with Gasteiger partial charge in [-0.15, -0.1) is 0 Å². The molecule has 8 heteroatoms. The lowest BCUT2D eigenvalue weighted by Gasteiger charge is -2.26. The Morgan fingerprint density at radius 2 is 2.07 bits per heavy atom. The fourth-order valence-corrected chi connectivity index (χ4v) is 3.40. The predicted octanol–water partition coefficient (Wildman–Crippen LogP) is 1.77. The summed E-state index contributed by atoms with van der Waals surface area (Å²) in [7, 11) is 0. The van der Waals surface area contributed by atoms with Gasteiger partial charge in [0, 0.05) is 31.8 Å². The van der Waals surface area contributed by atoms with Gasteiger partial charge in [0.2, 0.25) is 0 Å². The van der Waals surface area contributed by atoms with Gasteiger partial charge in [-0.05, 0) is 38.0 Å². The van der Waals surface area contributed by atoms with E-state index in [1.807, 2.05) is 19.1 Å². The van der Waals surface area contributed by atoms with Crippen LogP contribution in [0.2, 0.25) is 0 Å². The van der Waals surface area contributed by atoms with Gasteiger partial charge in [-0.1, -0.05) is 12.2 Å². The van der Waals surface area contributed by atoms with Crippen molar-refractivity contribution in [1.82, 2.24) is 10.2 Å². The summed E-state index contributed by atoms with van der Waals surface area (Å²) >= 11 is 5.50. The molecule has 1 aromatic carbocycles. The number of thiocarbonyl (C=S) groups is 1. The second kappa shape index (κ2) is 10.6. The molecule has 28 heavy (non-hydrogen) atoms.